The molecule has 0 spiro atoms. The predicted octanol–water partition coefficient (Wildman–Crippen LogP) is 6.60. The van der Waals surface area contributed by atoms with E-state index in [0.717, 1.165) is 21.6 Å². The Kier molecular flexibility index (Phi) is 11.0. The molecular weight excluding hydrogens is 620 g/mol. The smallest absolute Gasteiger partial charge is 0.407 e. The summed E-state index contributed by atoms with van der Waals surface area (Å²) in [4.78, 5) is 55.8. The molecule has 11 nitrogen and oxygen atoms in total. The van der Waals surface area contributed by atoms with Gasteiger partial charge in [0.15, 0.2) is 5.69 Å². The van der Waals surface area contributed by atoms with Gasteiger partial charge in [0, 0.05) is 45.8 Å². The van der Waals surface area contributed by atoms with Crippen molar-refractivity contribution in [2.24, 2.45) is 5.73 Å². The van der Waals surface area contributed by atoms with E-state index in [0.29, 0.717) is 30.0 Å². The van der Waals surface area contributed by atoms with Gasteiger partial charge in [-0.25, -0.2) is 14.6 Å². The summed E-state index contributed by atoms with van der Waals surface area (Å²) in [5.74, 6) is -1.53. The molecule has 0 fully saturated rings. The van der Waals surface area contributed by atoms with E-state index in [9.17, 15) is 19.2 Å². The van der Waals surface area contributed by atoms with Crippen LogP contribution in [0, 0.1) is 0 Å². The van der Waals surface area contributed by atoms with E-state index >= 15 is 0 Å². The number of aromatic nitrogens is 1. The molecule has 1 aliphatic heterocycles. The second-order valence-electron chi connectivity index (χ2n) is 11.2. The summed E-state index contributed by atoms with van der Waals surface area (Å²) in [5.41, 5.74) is 8.55. The number of amides is 3. The SMILES string of the molecule is CC.COC(=O)c1nc(C(N)=O)ccc1-c1cc2c(cc1C(=O)Nc1ccc(CNC(=O)OC(C)(C)C)cc1)-c1sccc1CCO2. The Hall–Kier alpha value is -5.23. The fraction of sp³-hybridized carbons (Fsp3) is 0.286. The van der Waals surface area contributed by atoms with Gasteiger partial charge < -0.3 is 30.6 Å². The lowest BCUT2D eigenvalue weighted by Crippen LogP contribution is -2.32. The molecule has 47 heavy (non-hydrogen) atoms. The Bertz CT molecular complexity index is 1790. The number of carbonyl (C=O) groups excluding carboxylic acids is 4. The lowest BCUT2D eigenvalue weighted by molar-refractivity contribution is 0.0522. The largest absolute Gasteiger partial charge is 0.493 e. The number of ether oxygens (including phenoxy) is 3. The Labute approximate surface area is 277 Å². The highest BCUT2D eigenvalue weighted by molar-refractivity contribution is 7.13. The minimum Gasteiger partial charge on any atom is -0.493 e. The van der Waals surface area contributed by atoms with Crippen LogP contribution in [0.25, 0.3) is 21.6 Å². The van der Waals surface area contributed by atoms with Crippen molar-refractivity contribution in [3.63, 3.8) is 0 Å². The van der Waals surface area contributed by atoms with Crippen LogP contribution in [0.15, 0.2) is 60.0 Å². The molecule has 5 rings (SSSR count). The molecule has 4 N–H and O–H groups in total. The molecule has 0 saturated heterocycles. The lowest BCUT2D eigenvalue weighted by atomic mass is 9.93. The number of rotatable bonds is 7. The lowest BCUT2D eigenvalue weighted by Gasteiger charge is -2.19. The third-order valence-electron chi connectivity index (χ3n) is 6.85. The molecule has 3 amide bonds. The number of nitrogens with zero attached hydrogens (tertiary/aromatic N) is 1. The molecule has 0 aliphatic carbocycles. The van der Waals surface area contributed by atoms with Crippen molar-refractivity contribution >= 4 is 40.9 Å². The number of carbonyl (C=O) groups is 4. The zero-order chi connectivity index (χ0) is 34.3. The highest BCUT2D eigenvalue weighted by atomic mass is 32.1. The van der Waals surface area contributed by atoms with E-state index in [1.807, 2.05) is 25.3 Å². The van der Waals surface area contributed by atoms with E-state index in [1.165, 1.54) is 19.2 Å². The standard InChI is InChI=1S/C33H32N4O7S.C2H6/c1-33(2,3)44-32(41)35-17-18-5-7-20(8-6-18)36-30(39)23-15-24-26(43-13-11-19-12-14-45-28(19)24)16-22(23)21-9-10-25(29(34)38)37-27(21)31(40)42-4;1-2/h5-10,12,14-16H,11,13,17H2,1-4H3,(H2,34,38)(H,35,41)(H,36,39);1-2H3. The number of pyridine rings is 1. The maximum Gasteiger partial charge on any atom is 0.407 e. The van der Waals surface area contributed by atoms with Crippen LogP contribution in [0.5, 0.6) is 5.75 Å². The van der Waals surface area contributed by atoms with Crippen molar-refractivity contribution in [2.45, 2.75) is 53.2 Å². The Balaban J connectivity index is 0.00000245. The molecule has 0 bridgehead atoms. The first-order valence-corrected chi connectivity index (χ1v) is 16.0. The zero-order valence-electron chi connectivity index (χ0n) is 27.2. The van der Waals surface area contributed by atoms with Crippen molar-refractivity contribution in [3.8, 4) is 27.3 Å². The summed E-state index contributed by atoms with van der Waals surface area (Å²) < 4.78 is 16.3. The Morgan fingerprint density at radius 3 is 2.36 bits per heavy atom. The molecule has 2 aromatic carbocycles. The van der Waals surface area contributed by atoms with Crippen LogP contribution in [0.4, 0.5) is 10.5 Å². The van der Waals surface area contributed by atoms with Crippen LogP contribution in [0.3, 0.4) is 0 Å². The monoisotopic (exact) mass is 658 g/mol. The third kappa shape index (κ3) is 8.33. The van der Waals surface area contributed by atoms with Crippen LogP contribution in [0.2, 0.25) is 0 Å². The van der Waals surface area contributed by atoms with E-state index in [-0.39, 0.29) is 29.1 Å². The number of alkyl carbamates (subject to hydrolysis) is 1. The average molecular weight is 659 g/mol. The molecule has 3 heterocycles. The van der Waals surface area contributed by atoms with Crippen LogP contribution in [-0.2, 0) is 22.4 Å². The molecule has 12 heteroatoms. The van der Waals surface area contributed by atoms with Crippen LogP contribution in [-0.4, -0.2) is 48.2 Å². The number of thiophene rings is 1. The molecule has 1 aliphatic rings. The minimum atomic E-state index is -0.815. The number of hydrogen-bond acceptors (Lipinski definition) is 9. The maximum absolute atomic E-state index is 14.0. The summed E-state index contributed by atoms with van der Waals surface area (Å²) in [6.07, 6.45) is 0.167. The number of anilines is 1. The number of fused-ring (bicyclic) bond motifs is 3. The Morgan fingerprint density at radius 1 is 0.979 bits per heavy atom. The number of nitrogens with two attached hydrogens (primary N) is 1. The van der Waals surface area contributed by atoms with Crippen LogP contribution < -0.4 is 21.1 Å². The second-order valence-corrected chi connectivity index (χ2v) is 12.1. The molecule has 0 saturated carbocycles. The second kappa shape index (κ2) is 14.9. The minimum absolute atomic E-state index is 0.124. The molecular formula is C35H38N4O7S. The van der Waals surface area contributed by atoms with E-state index < -0.39 is 29.5 Å². The van der Waals surface area contributed by atoms with Gasteiger partial charge in [-0.2, -0.15) is 0 Å². The van der Waals surface area contributed by atoms with Crippen molar-refractivity contribution in [1.29, 1.82) is 0 Å². The van der Waals surface area contributed by atoms with Gasteiger partial charge in [0.05, 0.1) is 13.7 Å². The highest BCUT2D eigenvalue weighted by Gasteiger charge is 2.27. The van der Waals surface area contributed by atoms with Gasteiger partial charge in [0.1, 0.15) is 17.0 Å². The number of primary amides is 1. The summed E-state index contributed by atoms with van der Waals surface area (Å²) in [6.45, 7) is 10.0. The van der Waals surface area contributed by atoms with E-state index in [1.54, 1.807) is 68.5 Å². The number of nitrogens with one attached hydrogen (secondary N) is 2. The van der Waals surface area contributed by atoms with Crippen molar-refractivity contribution < 1.29 is 33.4 Å². The van der Waals surface area contributed by atoms with Crippen molar-refractivity contribution in [3.05, 3.63) is 88.1 Å². The normalized spacial score (nSPS) is 11.7. The molecule has 0 atom stereocenters. The molecule has 4 aromatic rings. The quantitative estimate of drug-likeness (QED) is 0.187. The first kappa shape index (κ1) is 34.6. The van der Waals surface area contributed by atoms with Gasteiger partial charge in [-0.3, -0.25) is 9.59 Å². The molecule has 0 unspecified atom stereocenters. The summed E-state index contributed by atoms with van der Waals surface area (Å²) in [6, 6.07) is 15.4. The Morgan fingerprint density at radius 2 is 1.70 bits per heavy atom. The van der Waals surface area contributed by atoms with Gasteiger partial charge in [-0.15, -0.1) is 11.3 Å². The first-order chi connectivity index (χ1) is 22.4. The summed E-state index contributed by atoms with van der Waals surface area (Å²) in [7, 11) is 1.20. The van der Waals surface area contributed by atoms with Crippen molar-refractivity contribution in [2.75, 3.05) is 19.0 Å². The van der Waals surface area contributed by atoms with Gasteiger partial charge in [0.2, 0.25) is 0 Å². The number of esters is 1. The first-order valence-electron chi connectivity index (χ1n) is 15.1. The molecule has 2 aromatic heterocycles. The average Bonchev–Trinajstić information content (AvgIpc) is 3.45. The van der Waals surface area contributed by atoms with Gasteiger partial charge >= 0.3 is 12.1 Å². The molecule has 246 valence electrons. The van der Waals surface area contributed by atoms with Crippen LogP contribution >= 0.6 is 11.3 Å². The number of methoxy groups -OCH3 is 1. The molecule has 0 radical (unpaired) electrons. The third-order valence-corrected chi connectivity index (χ3v) is 7.84. The van der Waals surface area contributed by atoms with Gasteiger partial charge in [-0.05, 0) is 79.7 Å². The van der Waals surface area contributed by atoms with E-state index in [2.05, 4.69) is 15.6 Å². The van der Waals surface area contributed by atoms with Gasteiger partial charge in [-0.1, -0.05) is 26.0 Å². The predicted molar refractivity (Wildman–Crippen MR) is 181 cm³/mol. The fourth-order valence-electron chi connectivity index (χ4n) is 4.79. The van der Waals surface area contributed by atoms with Gasteiger partial charge in [0.25, 0.3) is 11.8 Å². The topological polar surface area (TPSA) is 159 Å². The number of hydrogen-bond donors (Lipinski definition) is 3. The van der Waals surface area contributed by atoms with Crippen LogP contribution in [0.1, 0.15) is 77.1 Å². The summed E-state index contributed by atoms with van der Waals surface area (Å²) in [5, 5.41) is 7.62. The van der Waals surface area contributed by atoms with E-state index in [4.69, 9.17) is 19.9 Å². The highest BCUT2D eigenvalue weighted by Crippen LogP contribution is 2.43. The fourth-order valence-corrected chi connectivity index (χ4v) is 5.76. The zero-order valence-corrected chi connectivity index (χ0v) is 28.0. The number of benzene rings is 2. The van der Waals surface area contributed by atoms with Crippen molar-refractivity contribution in [1.82, 2.24) is 10.3 Å². The maximum atomic E-state index is 14.0. The summed E-state index contributed by atoms with van der Waals surface area (Å²) >= 11 is 1.55.